The quantitative estimate of drug-likeness (QED) is 0.305. The van der Waals surface area contributed by atoms with E-state index in [1.54, 1.807) is 27.7 Å². The van der Waals surface area contributed by atoms with Crippen molar-refractivity contribution in [3.8, 4) is 17.0 Å². The van der Waals surface area contributed by atoms with Crippen LogP contribution in [0, 0.1) is 11.3 Å². The first kappa shape index (κ1) is 40.0. The molecule has 2 N–H and O–H groups in total. The van der Waals surface area contributed by atoms with Crippen molar-refractivity contribution >= 4 is 33.7 Å². The van der Waals surface area contributed by atoms with Gasteiger partial charge < -0.3 is 19.7 Å². The van der Waals surface area contributed by atoms with E-state index in [2.05, 4.69) is 10.0 Å². The molecule has 302 valence electrons. The van der Waals surface area contributed by atoms with Crippen LogP contribution in [-0.2, 0) is 42.0 Å². The molecule has 5 atom stereocenters. The van der Waals surface area contributed by atoms with Crippen LogP contribution < -0.4 is 14.8 Å². The maximum Gasteiger partial charge on any atom is 0.408 e. The fourth-order valence-corrected chi connectivity index (χ4v) is 9.78. The molecule has 3 aliphatic carbocycles. The summed E-state index contributed by atoms with van der Waals surface area (Å²) >= 11 is 0. The summed E-state index contributed by atoms with van der Waals surface area (Å²) in [5.41, 5.74) is 1.75. The lowest BCUT2D eigenvalue weighted by molar-refractivity contribution is -0.140. The van der Waals surface area contributed by atoms with Gasteiger partial charge in [0.2, 0.25) is 21.8 Å². The van der Waals surface area contributed by atoms with Gasteiger partial charge in [-0.2, -0.15) is 0 Å². The zero-order valence-corrected chi connectivity index (χ0v) is 33.9. The normalized spacial score (nSPS) is 28.3. The van der Waals surface area contributed by atoms with E-state index in [-0.39, 0.29) is 31.1 Å². The number of carbonyl (C=O) groups is 4. The number of carbonyl (C=O) groups excluding carboxylic acids is 4. The van der Waals surface area contributed by atoms with Crippen LogP contribution in [0.15, 0.2) is 48.6 Å². The van der Waals surface area contributed by atoms with E-state index >= 15 is 0 Å². The monoisotopic (exact) mass is 788 g/mol. The summed E-state index contributed by atoms with van der Waals surface area (Å²) < 4.78 is 40.2. The summed E-state index contributed by atoms with van der Waals surface area (Å²) in [7, 11) is -3.94. The Hall–Kier alpha value is -4.26. The predicted molar refractivity (Wildman–Crippen MR) is 211 cm³/mol. The Balaban J connectivity index is 1.21. The van der Waals surface area contributed by atoms with Crippen molar-refractivity contribution in [3.63, 3.8) is 0 Å². The Labute approximate surface area is 330 Å². The molecule has 7 rings (SSSR count). The van der Waals surface area contributed by atoms with Crippen molar-refractivity contribution in [1.29, 1.82) is 0 Å². The van der Waals surface area contributed by atoms with Gasteiger partial charge in [-0.15, -0.1) is 0 Å². The number of ketones is 1. The van der Waals surface area contributed by atoms with Gasteiger partial charge in [-0.3, -0.25) is 24.1 Å². The molecule has 2 aromatic rings. The number of aromatic nitrogens is 1. The minimum absolute atomic E-state index is 0.0920. The highest BCUT2D eigenvalue weighted by atomic mass is 32.2. The number of aryl methyl sites for hydroxylation is 1. The number of sulfonamides is 1. The first-order valence-corrected chi connectivity index (χ1v) is 21.9. The van der Waals surface area contributed by atoms with Crippen LogP contribution in [0.25, 0.3) is 11.3 Å². The average molecular weight is 789 g/mol. The molecule has 1 aromatic heterocycles. The van der Waals surface area contributed by atoms with Crippen molar-refractivity contribution < 1.29 is 37.1 Å². The van der Waals surface area contributed by atoms with E-state index in [4.69, 9.17) is 14.5 Å². The third-order valence-corrected chi connectivity index (χ3v) is 14.3. The van der Waals surface area contributed by atoms with Gasteiger partial charge in [-0.05, 0) is 97.8 Å². The van der Waals surface area contributed by atoms with E-state index in [0.717, 1.165) is 67.5 Å². The molecule has 3 fully saturated rings. The summed E-state index contributed by atoms with van der Waals surface area (Å²) in [6.45, 7) is 6.98. The number of ether oxygens (including phenoxy) is 2. The fourth-order valence-electron chi connectivity index (χ4n) is 8.45. The molecule has 5 aliphatic rings. The average Bonchev–Trinajstić information content (AvgIpc) is 4.03. The van der Waals surface area contributed by atoms with Gasteiger partial charge in [0.1, 0.15) is 23.5 Å². The number of hydrogen-bond acceptors (Lipinski definition) is 9. The molecule has 0 unspecified atom stereocenters. The largest absolute Gasteiger partial charge is 0.488 e. The topological polar surface area (TPSA) is 161 Å². The van der Waals surface area contributed by atoms with Crippen LogP contribution in [0.3, 0.4) is 0 Å². The Morgan fingerprint density at radius 2 is 1.75 bits per heavy atom. The number of pyridine rings is 1. The molecule has 12 nitrogen and oxygen atoms in total. The first-order valence-electron chi connectivity index (χ1n) is 20.4. The third-order valence-electron chi connectivity index (χ3n) is 12.2. The molecule has 2 saturated carbocycles. The fraction of sp³-hybridized carbons (Fsp3) is 0.605. The van der Waals surface area contributed by atoms with E-state index in [9.17, 15) is 27.6 Å². The predicted octanol–water partition coefficient (Wildman–Crippen LogP) is 6.35. The molecule has 2 aliphatic heterocycles. The highest BCUT2D eigenvalue weighted by molar-refractivity contribution is 7.91. The van der Waals surface area contributed by atoms with E-state index in [1.807, 2.05) is 48.6 Å². The number of nitrogens with one attached hydrogen (secondary N) is 2. The molecule has 0 bridgehead atoms. The summed E-state index contributed by atoms with van der Waals surface area (Å²) in [5.74, 6) is -1.03. The minimum Gasteiger partial charge on any atom is -0.488 e. The lowest BCUT2D eigenvalue weighted by Crippen LogP contribution is -2.53. The summed E-state index contributed by atoms with van der Waals surface area (Å²) in [4.78, 5) is 62.9. The molecular formula is C43H56N4O8S. The molecule has 1 saturated heterocycles. The van der Waals surface area contributed by atoms with Crippen molar-refractivity contribution in [2.45, 2.75) is 146 Å². The van der Waals surface area contributed by atoms with Gasteiger partial charge in [-0.1, -0.05) is 55.3 Å². The van der Waals surface area contributed by atoms with Crippen LogP contribution in [0.4, 0.5) is 4.79 Å². The van der Waals surface area contributed by atoms with Crippen molar-refractivity contribution in [2.75, 3.05) is 6.54 Å². The molecule has 13 heteroatoms. The number of nitrogens with zero attached hydrogens (tertiary/aromatic N) is 2. The van der Waals surface area contributed by atoms with E-state index in [1.165, 1.54) is 4.90 Å². The number of hydrogen-bond donors (Lipinski definition) is 2. The van der Waals surface area contributed by atoms with Crippen LogP contribution in [0.5, 0.6) is 5.75 Å². The van der Waals surface area contributed by atoms with Crippen LogP contribution >= 0.6 is 0 Å². The minimum atomic E-state index is -3.94. The molecule has 56 heavy (non-hydrogen) atoms. The highest BCUT2D eigenvalue weighted by Crippen LogP contribution is 2.57. The SMILES string of the molecule is CC(C)(C)OC(=O)N[C@H]1CCCCC/C=C\[C@@H]2C[C@@]2(C(=O)NS(=O)(=O)C2(C)CC2)CC(=O)[C@@H]2C[C@@H](Oc3cc(-c4ccccc4)nc4c3CCCC4)CN2C1=O. The van der Waals surface area contributed by atoms with Crippen LogP contribution in [0.1, 0.15) is 116 Å². The van der Waals surface area contributed by atoms with E-state index in [0.29, 0.717) is 37.9 Å². The summed E-state index contributed by atoms with van der Waals surface area (Å²) in [6.07, 6.45) is 10.9. The third kappa shape index (κ3) is 8.67. The van der Waals surface area contributed by atoms with Crippen molar-refractivity contribution in [3.05, 3.63) is 59.8 Å². The summed E-state index contributed by atoms with van der Waals surface area (Å²) in [6, 6.07) is 9.94. The smallest absolute Gasteiger partial charge is 0.408 e. The number of amides is 3. The van der Waals surface area contributed by atoms with Crippen LogP contribution in [-0.4, -0.2) is 77.1 Å². The number of Topliss-reactive ketones (excluding diaryl/α,β-unsaturated/α-hetero) is 1. The lowest BCUT2D eigenvalue weighted by Gasteiger charge is -2.30. The van der Waals surface area contributed by atoms with Gasteiger partial charge in [0, 0.05) is 35.7 Å². The maximum absolute atomic E-state index is 14.7. The maximum atomic E-state index is 14.7. The number of allylic oxidation sites excluding steroid dienone is 2. The second-order valence-electron chi connectivity index (χ2n) is 17.7. The molecule has 1 aromatic carbocycles. The van der Waals surface area contributed by atoms with E-state index < -0.39 is 61.9 Å². The van der Waals surface area contributed by atoms with Gasteiger partial charge >= 0.3 is 6.09 Å². The van der Waals surface area contributed by atoms with Gasteiger partial charge in [-0.25, -0.2) is 13.2 Å². The molecule has 3 heterocycles. The molecule has 0 spiro atoms. The van der Waals surface area contributed by atoms with Gasteiger partial charge in [0.25, 0.3) is 0 Å². The second-order valence-corrected chi connectivity index (χ2v) is 19.9. The zero-order chi connectivity index (χ0) is 39.9. The zero-order valence-electron chi connectivity index (χ0n) is 33.1. The molecule has 0 radical (unpaired) electrons. The standard InChI is InChI=1S/C43H56N4O8S/c1-41(2,3)55-40(51)45-33-20-12-7-5-6-11-17-29-25-43(29,39(50)46-56(52,53)42(4)21-22-42)26-36(48)35-23-30(27-47(35)38(33)49)54-37-24-34(28-15-9-8-10-16-28)44-32-19-14-13-18-31(32)37/h8-11,15-17,24,29-30,33,35H,5-7,12-14,18-23,25-27H2,1-4H3,(H,45,51)(H,46,50)/b17-11-/t29-,30-,33+,35+,43-/m1/s1. The molecular weight excluding hydrogens is 733 g/mol. The number of rotatable bonds is 7. The lowest BCUT2D eigenvalue weighted by atomic mass is 9.91. The second kappa shape index (κ2) is 15.6. The van der Waals surface area contributed by atoms with Crippen molar-refractivity contribution in [2.24, 2.45) is 11.3 Å². The van der Waals surface area contributed by atoms with Crippen LogP contribution in [0.2, 0.25) is 0 Å². The first-order chi connectivity index (χ1) is 26.6. The molecule has 3 amide bonds. The van der Waals surface area contributed by atoms with Crippen molar-refractivity contribution in [1.82, 2.24) is 19.9 Å². The Morgan fingerprint density at radius 1 is 1.00 bits per heavy atom. The summed E-state index contributed by atoms with van der Waals surface area (Å²) in [5, 5.41) is 2.81. The number of fused-ring (bicyclic) bond motifs is 3. The van der Waals surface area contributed by atoms with Gasteiger partial charge in [0.15, 0.2) is 5.78 Å². The Kier molecular flexibility index (Phi) is 11.1. The Bertz CT molecular complexity index is 1990. The highest BCUT2D eigenvalue weighted by Gasteiger charge is 2.62. The number of alkyl carbamates (subject to hydrolysis) is 1. The van der Waals surface area contributed by atoms with Gasteiger partial charge in [0.05, 0.1) is 28.4 Å². The number of benzene rings is 1. The Morgan fingerprint density at radius 3 is 2.48 bits per heavy atom.